The Bertz CT molecular complexity index is 1600. The Morgan fingerprint density at radius 1 is 1.07 bits per heavy atom. The summed E-state index contributed by atoms with van der Waals surface area (Å²) in [4.78, 5) is 31.0. The monoisotopic (exact) mass is 562 g/mol. The van der Waals surface area contributed by atoms with E-state index in [4.69, 9.17) is 15.5 Å². The SMILES string of the molecule is BC(=O)NC(N)c1ccccc1-c1ccc(Cc2c(CCCC)nc(C3CC3)n(-c3ccc(OCC)cc3)c2=O)cc1. The Labute approximate surface area is 248 Å². The molecule has 3 aromatic carbocycles. The zero-order valence-electron chi connectivity index (χ0n) is 24.7. The van der Waals surface area contributed by atoms with Gasteiger partial charge in [-0.15, -0.1) is 0 Å². The second kappa shape index (κ2) is 13.2. The third kappa shape index (κ3) is 6.65. The minimum absolute atomic E-state index is 0.0119. The van der Waals surface area contributed by atoms with Gasteiger partial charge < -0.3 is 15.8 Å². The normalized spacial score (nSPS) is 13.5. The van der Waals surface area contributed by atoms with Crippen molar-refractivity contribution in [1.82, 2.24) is 14.9 Å². The first kappa shape index (κ1) is 29.3. The number of ether oxygens (including phenoxy) is 1. The summed E-state index contributed by atoms with van der Waals surface area (Å²) in [6.45, 7) is 4.72. The molecule has 3 N–H and O–H groups in total. The van der Waals surface area contributed by atoms with Crippen molar-refractivity contribution in [3.8, 4) is 22.6 Å². The summed E-state index contributed by atoms with van der Waals surface area (Å²) in [6.07, 6.45) is 4.83. The molecule has 4 aromatic rings. The van der Waals surface area contributed by atoms with Crippen LogP contribution in [0, 0.1) is 0 Å². The summed E-state index contributed by atoms with van der Waals surface area (Å²) in [7, 11) is 1.46. The van der Waals surface area contributed by atoms with Crippen LogP contribution in [0.4, 0.5) is 4.79 Å². The molecule has 1 aliphatic rings. The van der Waals surface area contributed by atoms with Gasteiger partial charge in [-0.2, -0.15) is 0 Å². The van der Waals surface area contributed by atoms with E-state index in [-0.39, 0.29) is 11.4 Å². The average molecular weight is 563 g/mol. The summed E-state index contributed by atoms with van der Waals surface area (Å²) in [6, 6.07) is 23.8. The molecule has 0 aliphatic heterocycles. The maximum absolute atomic E-state index is 14.3. The van der Waals surface area contributed by atoms with Crippen molar-refractivity contribution in [3.05, 3.63) is 111 Å². The zero-order valence-corrected chi connectivity index (χ0v) is 24.7. The van der Waals surface area contributed by atoms with E-state index in [1.54, 1.807) is 0 Å². The molecule has 1 heterocycles. The van der Waals surface area contributed by atoms with Crippen LogP contribution in [-0.2, 0) is 12.8 Å². The van der Waals surface area contributed by atoms with Gasteiger partial charge >= 0.3 is 0 Å². The first-order valence-electron chi connectivity index (χ1n) is 15.0. The van der Waals surface area contributed by atoms with Gasteiger partial charge in [0.2, 0.25) is 7.85 Å². The number of hydrogen-bond acceptors (Lipinski definition) is 5. The molecule has 0 bridgehead atoms. The summed E-state index contributed by atoms with van der Waals surface area (Å²) in [5, 5.41) is 2.78. The van der Waals surface area contributed by atoms with Gasteiger partial charge in [0.15, 0.2) is 5.81 Å². The maximum Gasteiger partial charge on any atom is 0.261 e. The minimum Gasteiger partial charge on any atom is -0.494 e. The highest BCUT2D eigenvalue weighted by molar-refractivity contribution is 6.57. The van der Waals surface area contributed by atoms with E-state index in [2.05, 4.69) is 36.5 Å². The summed E-state index contributed by atoms with van der Waals surface area (Å²) in [5.41, 5.74) is 12.6. The van der Waals surface area contributed by atoms with Gasteiger partial charge in [0.25, 0.3) is 5.56 Å². The van der Waals surface area contributed by atoms with Crippen molar-refractivity contribution < 1.29 is 9.53 Å². The lowest BCUT2D eigenvalue weighted by atomic mass is 9.95. The van der Waals surface area contributed by atoms with Crippen LogP contribution >= 0.6 is 0 Å². The van der Waals surface area contributed by atoms with Gasteiger partial charge in [0, 0.05) is 17.9 Å². The van der Waals surface area contributed by atoms with Crippen molar-refractivity contribution in [1.29, 1.82) is 0 Å². The zero-order chi connectivity index (χ0) is 29.6. The molecule has 0 radical (unpaired) electrons. The molecule has 0 spiro atoms. The number of nitrogens with two attached hydrogens (primary N) is 1. The number of aryl methyl sites for hydroxylation is 1. The summed E-state index contributed by atoms with van der Waals surface area (Å²) >= 11 is 0. The first-order chi connectivity index (χ1) is 20.4. The molecule has 1 saturated carbocycles. The number of unbranched alkanes of at least 4 members (excludes halogenated alkanes) is 1. The third-order valence-electron chi connectivity index (χ3n) is 7.70. The van der Waals surface area contributed by atoms with Crippen LogP contribution < -0.4 is 21.3 Å². The lowest BCUT2D eigenvalue weighted by molar-refractivity contribution is 0.256. The number of amides is 1. The number of benzene rings is 3. The highest BCUT2D eigenvalue weighted by atomic mass is 16.5. The molecule has 42 heavy (non-hydrogen) atoms. The first-order valence-corrected chi connectivity index (χ1v) is 15.0. The van der Waals surface area contributed by atoms with Crippen LogP contribution in [0.2, 0.25) is 0 Å². The molecule has 1 aromatic heterocycles. The standard InChI is InChI=1S/C34H39BN4O3/c1-3-5-10-30-29(33(40)39(32(37-30)24-15-16-24)25-17-19-26(20-18-25)42-4-2)21-22-11-13-23(14-12-22)27-8-6-7-9-28(27)31(36)38-34(35)41/h6-9,11-14,17-20,24,31H,3-5,10,15-16,21,35-36H2,1-2H3,(H,38,41). The molecule has 5 rings (SSSR count). The summed E-state index contributed by atoms with van der Waals surface area (Å²) in [5.74, 6) is 1.81. The van der Waals surface area contributed by atoms with Crippen LogP contribution in [0.5, 0.6) is 5.75 Å². The average Bonchev–Trinajstić information content (AvgIpc) is 3.84. The second-order valence-corrected chi connectivity index (χ2v) is 11.0. The van der Waals surface area contributed by atoms with Gasteiger partial charge in [-0.1, -0.05) is 61.9 Å². The molecule has 1 atom stereocenters. The molecule has 1 fully saturated rings. The Balaban J connectivity index is 1.51. The van der Waals surface area contributed by atoms with E-state index < -0.39 is 6.17 Å². The van der Waals surface area contributed by atoms with Crippen molar-refractivity contribution in [2.24, 2.45) is 5.73 Å². The molecule has 1 unspecified atom stereocenters. The van der Waals surface area contributed by atoms with Crippen LogP contribution in [0.3, 0.4) is 0 Å². The lowest BCUT2D eigenvalue weighted by Crippen LogP contribution is -2.33. The number of nitrogens with one attached hydrogen (secondary N) is 1. The largest absolute Gasteiger partial charge is 0.494 e. The van der Waals surface area contributed by atoms with Gasteiger partial charge in [-0.05, 0) is 79.1 Å². The number of nitrogens with zero attached hydrogens (tertiary/aromatic N) is 2. The van der Waals surface area contributed by atoms with E-state index in [9.17, 15) is 9.59 Å². The molecular weight excluding hydrogens is 523 g/mol. The smallest absolute Gasteiger partial charge is 0.261 e. The minimum atomic E-state index is -0.600. The third-order valence-corrected chi connectivity index (χ3v) is 7.70. The molecular formula is C34H39BN4O3. The van der Waals surface area contributed by atoms with E-state index in [0.29, 0.717) is 18.9 Å². The van der Waals surface area contributed by atoms with Crippen molar-refractivity contribution >= 4 is 13.7 Å². The molecule has 1 aliphatic carbocycles. The lowest BCUT2D eigenvalue weighted by Gasteiger charge is -2.19. The van der Waals surface area contributed by atoms with Crippen molar-refractivity contribution in [2.75, 3.05) is 6.61 Å². The Hall–Kier alpha value is -4.17. The Morgan fingerprint density at radius 3 is 2.43 bits per heavy atom. The molecule has 7 nitrogen and oxygen atoms in total. The number of hydrogen-bond donors (Lipinski definition) is 2. The van der Waals surface area contributed by atoms with Gasteiger partial charge in [0.1, 0.15) is 17.7 Å². The fraction of sp³-hybridized carbons (Fsp3) is 0.324. The predicted octanol–water partition coefficient (Wildman–Crippen LogP) is 5.41. The molecule has 8 heteroatoms. The van der Waals surface area contributed by atoms with E-state index >= 15 is 0 Å². The van der Waals surface area contributed by atoms with Crippen LogP contribution in [-0.4, -0.2) is 29.8 Å². The number of aromatic nitrogens is 2. The maximum atomic E-state index is 14.3. The van der Waals surface area contributed by atoms with Crippen molar-refractivity contribution in [2.45, 2.75) is 64.5 Å². The van der Waals surface area contributed by atoms with Gasteiger partial charge in [-0.3, -0.25) is 14.2 Å². The number of carbonyl (C=O) groups is 1. The fourth-order valence-electron chi connectivity index (χ4n) is 5.40. The second-order valence-electron chi connectivity index (χ2n) is 11.0. The Morgan fingerprint density at radius 2 is 1.79 bits per heavy atom. The predicted molar refractivity (Wildman–Crippen MR) is 170 cm³/mol. The highest BCUT2D eigenvalue weighted by Crippen LogP contribution is 2.40. The van der Waals surface area contributed by atoms with Gasteiger partial charge in [0.05, 0.1) is 18.0 Å². The van der Waals surface area contributed by atoms with Gasteiger partial charge in [-0.25, -0.2) is 4.98 Å². The number of carbonyl (C=O) groups excluding carboxylic acids is 1. The van der Waals surface area contributed by atoms with Crippen LogP contribution in [0.1, 0.15) is 79.8 Å². The summed E-state index contributed by atoms with van der Waals surface area (Å²) < 4.78 is 7.46. The molecule has 0 saturated heterocycles. The fourth-order valence-corrected chi connectivity index (χ4v) is 5.40. The molecule has 1 amide bonds. The topological polar surface area (TPSA) is 99.2 Å². The number of rotatable bonds is 12. The quantitative estimate of drug-likeness (QED) is 0.178. The van der Waals surface area contributed by atoms with Crippen molar-refractivity contribution in [3.63, 3.8) is 0 Å². The van der Waals surface area contributed by atoms with E-state index in [1.165, 1.54) is 7.85 Å². The van der Waals surface area contributed by atoms with Crippen LogP contribution in [0.25, 0.3) is 16.8 Å². The highest BCUT2D eigenvalue weighted by Gasteiger charge is 2.31. The molecule has 216 valence electrons. The van der Waals surface area contributed by atoms with Crippen LogP contribution in [0.15, 0.2) is 77.6 Å². The van der Waals surface area contributed by atoms with E-state index in [1.807, 2.05) is 60.0 Å². The Kier molecular flexibility index (Phi) is 9.23. The van der Waals surface area contributed by atoms with E-state index in [0.717, 1.165) is 82.9 Å².